The largest absolute Gasteiger partial charge is 0.438 e. The van der Waals surface area contributed by atoms with Crippen molar-refractivity contribution in [3.05, 3.63) is 65.2 Å². The molecule has 0 radical (unpaired) electrons. The summed E-state index contributed by atoms with van der Waals surface area (Å²) in [6.45, 7) is 7.31. The number of rotatable bonds is 5. The van der Waals surface area contributed by atoms with Crippen molar-refractivity contribution >= 4 is 23.6 Å². The highest BCUT2D eigenvalue weighted by molar-refractivity contribution is 5.90. The molecule has 0 aromatic heterocycles. The predicted octanol–water partition coefficient (Wildman–Crippen LogP) is 4.27. The van der Waals surface area contributed by atoms with E-state index in [1.54, 1.807) is 23.1 Å². The summed E-state index contributed by atoms with van der Waals surface area (Å²) in [5.41, 5.74) is 3.36. The molecule has 2 saturated heterocycles. The number of ether oxygens (including phenoxy) is 1. The standard InChI is InChI=1S/C26H31N3O4/c1-17-7-9-20(10-8-17)16-29-23(25(31)28-13-11-18(2)12-14-28)24(33-26(29)32)21-5-4-6-22(15-21)27-19(3)30/h4-10,15,18,23-24H,11-14,16H2,1-3H3,(H,27,30)/t23-,24+/m0/s1. The van der Waals surface area contributed by atoms with Crippen LogP contribution < -0.4 is 5.32 Å². The number of cyclic esters (lactones) is 1. The smallest absolute Gasteiger partial charge is 0.411 e. The highest BCUT2D eigenvalue weighted by atomic mass is 16.6. The number of piperidine rings is 1. The quantitative estimate of drug-likeness (QED) is 0.739. The van der Waals surface area contributed by atoms with Crippen molar-refractivity contribution in [2.45, 2.75) is 52.3 Å². The van der Waals surface area contributed by atoms with Gasteiger partial charge < -0.3 is 15.0 Å². The fraction of sp³-hybridized carbons (Fsp3) is 0.423. The van der Waals surface area contributed by atoms with Gasteiger partial charge in [0.1, 0.15) is 0 Å². The molecule has 7 heteroatoms. The third kappa shape index (κ3) is 5.18. The Balaban J connectivity index is 1.66. The van der Waals surface area contributed by atoms with Gasteiger partial charge in [0.05, 0.1) is 6.54 Å². The van der Waals surface area contributed by atoms with Crippen LogP contribution in [0.4, 0.5) is 10.5 Å². The summed E-state index contributed by atoms with van der Waals surface area (Å²) in [7, 11) is 0. The zero-order valence-electron chi connectivity index (χ0n) is 19.4. The predicted molar refractivity (Wildman–Crippen MR) is 125 cm³/mol. The van der Waals surface area contributed by atoms with Crippen LogP contribution in [0.1, 0.15) is 49.5 Å². The van der Waals surface area contributed by atoms with Gasteiger partial charge in [-0.2, -0.15) is 0 Å². The number of benzene rings is 2. The number of carbonyl (C=O) groups excluding carboxylic acids is 3. The van der Waals surface area contributed by atoms with E-state index in [9.17, 15) is 14.4 Å². The fourth-order valence-electron chi connectivity index (χ4n) is 4.50. The van der Waals surface area contributed by atoms with Crippen molar-refractivity contribution < 1.29 is 19.1 Å². The number of aryl methyl sites for hydroxylation is 1. The minimum Gasteiger partial charge on any atom is -0.438 e. The van der Waals surface area contributed by atoms with Gasteiger partial charge >= 0.3 is 6.09 Å². The van der Waals surface area contributed by atoms with Gasteiger partial charge in [-0.3, -0.25) is 14.5 Å². The molecule has 3 amide bonds. The second kappa shape index (κ2) is 9.65. The number of hydrogen-bond acceptors (Lipinski definition) is 4. The maximum atomic E-state index is 13.7. The molecule has 0 unspecified atom stereocenters. The van der Waals surface area contributed by atoms with Gasteiger partial charge in [0.25, 0.3) is 0 Å². The summed E-state index contributed by atoms with van der Waals surface area (Å²) in [6, 6.07) is 14.3. The Hall–Kier alpha value is -3.35. The van der Waals surface area contributed by atoms with E-state index in [1.807, 2.05) is 42.2 Å². The first-order chi connectivity index (χ1) is 15.8. The second-order valence-electron chi connectivity index (χ2n) is 9.18. The van der Waals surface area contributed by atoms with Gasteiger partial charge in [0.15, 0.2) is 12.1 Å². The minimum atomic E-state index is -0.764. The molecule has 0 aliphatic carbocycles. The Labute approximate surface area is 194 Å². The van der Waals surface area contributed by atoms with E-state index in [2.05, 4.69) is 12.2 Å². The normalized spacial score (nSPS) is 21.1. The molecule has 0 saturated carbocycles. The molecule has 174 valence electrons. The maximum absolute atomic E-state index is 13.7. The Bertz CT molecular complexity index is 1030. The molecule has 2 aliphatic rings. The van der Waals surface area contributed by atoms with Crippen molar-refractivity contribution in [1.82, 2.24) is 9.80 Å². The molecule has 33 heavy (non-hydrogen) atoms. The summed E-state index contributed by atoms with van der Waals surface area (Å²) in [5, 5.41) is 2.76. The lowest BCUT2D eigenvalue weighted by atomic mass is 9.96. The third-order valence-corrected chi connectivity index (χ3v) is 6.44. The Morgan fingerprint density at radius 3 is 2.45 bits per heavy atom. The van der Waals surface area contributed by atoms with Crippen molar-refractivity contribution in [1.29, 1.82) is 0 Å². The lowest BCUT2D eigenvalue weighted by molar-refractivity contribution is -0.138. The Kier molecular flexibility index (Phi) is 6.67. The van der Waals surface area contributed by atoms with Crippen LogP contribution in [0, 0.1) is 12.8 Å². The van der Waals surface area contributed by atoms with Crippen molar-refractivity contribution in [3.63, 3.8) is 0 Å². The van der Waals surface area contributed by atoms with Crippen LogP contribution in [0.3, 0.4) is 0 Å². The van der Waals surface area contributed by atoms with Gasteiger partial charge in [-0.05, 0) is 48.9 Å². The summed E-state index contributed by atoms with van der Waals surface area (Å²) in [6.07, 6.45) is 0.652. The summed E-state index contributed by atoms with van der Waals surface area (Å²) < 4.78 is 5.79. The number of nitrogens with zero attached hydrogens (tertiary/aromatic N) is 2. The van der Waals surface area contributed by atoms with Crippen LogP contribution in [0.25, 0.3) is 0 Å². The lowest BCUT2D eigenvalue weighted by Gasteiger charge is -2.34. The number of hydrogen-bond donors (Lipinski definition) is 1. The highest BCUT2D eigenvalue weighted by Crippen LogP contribution is 2.36. The Morgan fingerprint density at radius 1 is 1.09 bits per heavy atom. The minimum absolute atomic E-state index is 0.0882. The number of nitrogens with one attached hydrogen (secondary N) is 1. The van der Waals surface area contributed by atoms with Gasteiger partial charge in [0.2, 0.25) is 11.8 Å². The first kappa shape index (κ1) is 22.8. The molecular formula is C26H31N3O4. The zero-order chi connectivity index (χ0) is 23.5. The molecule has 2 aromatic carbocycles. The van der Waals surface area contributed by atoms with Crippen molar-refractivity contribution in [2.24, 2.45) is 5.92 Å². The summed E-state index contributed by atoms with van der Waals surface area (Å²) in [5.74, 6) is 0.311. The molecule has 2 fully saturated rings. The topological polar surface area (TPSA) is 79.0 Å². The van der Waals surface area contributed by atoms with Crippen molar-refractivity contribution in [2.75, 3.05) is 18.4 Å². The highest BCUT2D eigenvalue weighted by Gasteiger charge is 2.48. The fourth-order valence-corrected chi connectivity index (χ4v) is 4.50. The SMILES string of the molecule is CC(=O)Nc1cccc([C@H]2OC(=O)N(Cc3ccc(C)cc3)[C@@H]2C(=O)N2CCC(C)CC2)c1. The van der Waals surface area contributed by atoms with E-state index < -0.39 is 18.2 Å². The molecule has 2 atom stereocenters. The van der Waals surface area contributed by atoms with E-state index in [-0.39, 0.29) is 11.8 Å². The molecule has 0 spiro atoms. The Morgan fingerprint density at radius 2 is 1.79 bits per heavy atom. The molecule has 2 heterocycles. The lowest BCUT2D eigenvalue weighted by Crippen LogP contribution is -2.50. The summed E-state index contributed by atoms with van der Waals surface area (Å²) in [4.78, 5) is 41.7. The van der Waals surface area contributed by atoms with Gasteiger partial charge in [0, 0.05) is 25.7 Å². The molecule has 2 aliphatic heterocycles. The van der Waals surface area contributed by atoms with E-state index >= 15 is 0 Å². The molecule has 4 rings (SSSR count). The molecule has 0 bridgehead atoms. The van der Waals surface area contributed by atoms with E-state index in [0.29, 0.717) is 36.8 Å². The molecule has 7 nitrogen and oxygen atoms in total. The maximum Gasteiger partial charge on any atom is 0.411 e. The van der Waals surface area contributed by atoms with E-state index in [4.69, 9.17) is 4.74 Å². The average Bonchev–Trinajstić information content (AvgIpc) is 3.11. The van der Waals surface area contributed by atoms with Crippen LogP contribution >= 0.6 is 0 Å². The van der Waals surface area contributed by atoms with Gasteiger partial charge in [-0.25, -0.2) is 4.79 Å². The first-order valence-corrected chi connectivity index (χ1v) is 11.5. The first-order valence-electron chi connectivity index (χ1n) is 11.5. The molecule has 2 aromatic rings. The van der Waals surface area contributed by atoms with E-state index in [1.165, 1.54) is 6.92 Å². The monoisotopic (exact) mass is 449 g/mol. The van der Waals surface area contributed by atoms with Crippen LogP contribution in [-0.2, 0) is 20.9 Å². The van der Waals surface area contributed by atoms with Gasteiger partial charge in [-0.1, -0.05) is 48.9 Å². The van der Waals surface area contributed by atoms with E-state index in [0.717, 1.165) is 24.0 Å². The van der Waals surface area contributed by atoms with Crippen molar-refractivity contribution in [3.8, 4) is 0 Å². The number of likely N-dealkylation sites (tertiary alicyclic amines) is 1. The second-order valence-corrected chi connectivity index (χ2v) is 9.18. The van der Waals surface area contributed by atoms with Crippen LogP contribution in [-0.4, -0.2) is 46.8 Å². The van der Waals surface area contributed by atoms with Crippen LogP contribution in [0.15, 0.2) is 48.5 Å². The molecule has 1 N–H and O–H groups in total. The average molecular weight is 450 g/mol. The van der Waals surface area contributed by atoms with Gasteiger partial charge in [-0.15, -0.1) is 0 Å². The van der Waals surface area contributed by atoms with Crippen LogP contribution in [0.2, 0.25) is 0 Å². The summed E-state index contributed by atoms with van der Waals surface area (Å²) >= 11 is 0. The third-order valence-electron chi connectivity index (χ3n) is 6.44. The number of amides is 3. The van der Waals surface area contributed by atoms with Crippen LogP contribution in [0.5, 0.6) is 0 Å². The number of carbonyl (C=O) groups is 3. The molecular weight excluding hydrogens is 418 g/mol. The number of anilines is 1. The zero-order valence-corrected chi connectivity index (χ0v) is 19.4.